The van der Waals surface area contributed by atoms with Crippen LogP contribution in [0.4, 0.5) is 11.6 Å². The van der Waals surface area contributed by atoms with Crippen LogP contribution in [0, 0.1) is 20.8 Å². The molecule has 0 radical (unpaired) electrons. The van der Waals surface area contributed by atoms with Crippen molar-refractivity contribution in [2.24, 2.45) is 4.40 Å². The van der Waals surface area contributed by atoms with Gasteiger partial charge >= 0.3 is 0 Å². The summed E-state index contributed by atoms with van der Waals surface area (Å²) in [6.45, 7) is 5.49. The molecule has 156 valence electrons. The van der Waals surface area contributed by atoms with E-state index < -0.39 is 10.0 Å². The maximum atomic E-state index is 12.8. The molecule has 0 aliphatic heterocycles. The normalized spacial score (nSPS) is 12.0. The second kappa shape index (κ2) is 8.99. The second-order valence-corrected chi connectivity index (χ2v) is 9.00. The molecule has 7 nitrogen and oxygen atoms in total. The maximum Gasteiger partial charge on any atom is 0.285 e. The first-order chi connectivity index (χ1) is 14.1. The van der Waals surface area contributed by atoms with Gasteiger partial charge in [0.25, 0.3) is 10.0 Å². The van der Waals surface area contributed by atoms with E-state index in [4.69, 9.17) is 23.2 Å². The van der Waals surface area contributed by atoms with Crippen molar-refractivity contribution < 1.29 is 8.42 Å². The monoisotopic (exact) mass is 463 g/mol. The Hall–Kier alpha value is -2.68. The molecule has 0 fully saturated rings. The highest BCUT2D eigenvalue weighted by Crippen LogP contribution is 2.25. The molecule has 2 aromatic carbocycles. The SMILES string of the molecule is Cc1ccc(S(=O)(=O)/N=C(/Nc2ccc(Cl)c(Cl)c2)Nc2nc(C)cc(C)n2)cc1. The summed E-state index contributed by atoms with van der Waals surface area (Å²) < 4.78 is 29.6. The van der Waals surface area contributed by atoms with Gasteiger partial charge in [0.15, 0.2) is 0 Å². The van der Waals surface area contributed by atoms with Gasteiger partial charge in [-0.2, -0.15) is 8.42 Å². The van der Waals surface area contributed by atoms with Crippen molar-refractivity contribution in [2.45, 2.75) is 25.7 Å². The van der Waals surface area contributed by atoms with Crippen molar-refractivity contribution in [2.75, 3.05) is 10.6 Å². The summed E-state index contributed by atoms with van der Waals surface area (Å²) in [7, 11) is -4.01. The number of benzene rings is 2. The molecule has 0 saturated carbocycles. The van der Waals surface area contributed by atoms with Gasteiger partial charge in [0, 0.05) is 17.1 Å². The molecule has 0 bridgehead atoms. The Balaban J connectivity index is 2.01. The third-order valence-corrected chi connectivity index (χ3v) is 5.95. The number of aromatic nitrogens is 2. The van der Waals surface area contributed by atoms with Crippen LogP contribution in [0.15, 0.2) is 57.8 Å². The minimum atomic E-state index is -4.01. The highest BCUT2D eigenvalue weighted by molar-refractivity contribution is 7.90. The van der Waals surface area contributed by atoms with Crippen molar-refractivity contribution in [1.29, 1.82) is 0 Å². The predicted molar refractivity (Wildman–Crippen MR) is 121 cm³/mol. The summed E-state index contributed by atoms with van der Waals surface area (Å²) in [5.41, 5.74) is 2.87. The van der Waals surface area contributed by atoms with Gasteiger partial charge in [0.2, 0.25) is 11.9 Å². The van der Waals surface area contributed by atoms with Crippen LogP contribution in [0.2, 0.25) is 10.0 Å². The Kier molecular flexibility index (Phi) is 6.60. The molecule has 10 heteroatoms. The number of halogens is 2. The van der Waals surface area contributed by atoms with Crippen LogP contribution in [-0.2, 0) is 10.0 Å². The van der Waals surface area contributed by atoms with E-state index in [-0.39, 0.29) is 16.8 Å². The number of anilines is 2. The third kappa shape index (κ3) is 5.69. The molecule has 2 N–H and O–H groups in total. The fourth-order valence-corrected chi connectivity index (χ4v) is 3.77. The smallest absolute Gasteiger partial charge is 0.285 e. The zero-order valence-electron chi connectivity index (χ0n) is 16.4. The average Bonchev–Trinajstić information content (AvgIpc) is 2.64. The Bertz CT molecular complexity index is 1190. The average molecular weight is 464 g/mol. The molecule has 0 aliphatic rings. The summed E-state index contributed by atoms with van der Waals surface area (Å²) in [5.74, 6) is 0.122. The summed E-state index contributed by atoms with van der Waals surface area (Å²) in [6, 6.07) is 13.0. The topological polar surface area (TPSA) is 96.3 Å². The number of nitrogens with one attached hydrogen (secondary N) is 2. The molecule has 1 heterocycles. The third-order valence-electron chi connectivity index (χ3n) is 3.93. The van der Waals surface area contributed by atoms with Gasteiger partial charge in [-0.25, -0.2) is 9.97 Å². The van der Waals surface area contributed by atoms with Crippen molar-refractivity contribution in [1.82, 2.24) is 9.97 Å². The lowest BCUT2D eigenvalue weighted by Crippen LogP contribution is -2.25. The highest BCUT2D eigenvalue weighted by atomic mass is 35.5. The summed E-state index contributed by atoms with van der Waals surface area (Å²) in [4.78, 5) is 8.61. The zero-order valence-corrected chi connectivity index (χ0v) is 18.8. The van der Waals surface area contributed by atoms with Gasteiger partial charge in [0.05, 0.1) is 14.9 Å². The number of sulfonamides is 1. The van der Waals surface area contributed by atoms with Crippen LogP contribution in [0.3, 0.4) is 0 Å². The van der Waals surface area contributed by atoms with Crippen LogP contribution in [0.5, 0.6) is 0 Å². The predicted octanol–water partition coefficient (Wildman–Crippen LogP) is 4.98. The van der Waals surface area contributed by atoms with E-state index in [0.717, 1.165) is 17.0 Å². The number of rotatable bonds is 4. The van der Waals surface area contributed by atoms with Crippen LogP contribution in [0.25, 0.3) is 0 Å². The summed E-state index contributed by atoms with van der Waals surface area (Å²) >= 11 is 12.0. The van der Waals surface area contributed by atoms with E-state index in [9.17, 15) is 8.42 Å². The molecule has 1 aromatic heterocycles. The van der Waals surface area contributed by atoms with Gasteiger partial charge < -0.3 is 5.32 Å². The number of aryl methyl sites for hydroxylation is 3. The fraction of sp³-hybridized carbons (Fsp3) is 0.150. The largest absolute Gasteiger partial charge is 0.325 e. The first kappa shape index (κ1) is 22.0. The van der Waals surface area contributed by atoms with Gasteiger partial charge in [-0.3, -0.25) is 5.32 Å². The quantitative estimate of drug-likeness (QED) is 0.418. The fourth-order valence-electron chi connectivity index (χ4n) is 2.56. The van der Waals surface area contributed by atoms with Crippen molar-refractivity contribution in [3.8, 4) is 0 Å². The standard InChI is InChI=1S/C20H19Cl2N5O2S/c1-12-4-7-16(8-5-12)30(28,29)27-20(25-15-6-9-17(21)18(22)11-15)26-19-23-13(2)10-14(3)24-19/h4-11H,1-3H3,(H2,23,24,25,26,27). The van der Waals surface area contributed by atoms with Gasteiger partial charge in [-0.05, 0) is 57.2 Å². The second-order valence-electron chi connectivity index (χ2n) is 6.58. The molecule has 30 heavy (non-hydrogen) atoms. The lowest BCUT2D eigenvalue weighted by molar-refractivity contribution is 0.598. The van der Waals surface area contributed by atoms with Crippen LogP contribution < -0.4 is 10.6 Å². The van der Waals surface area contributed by atoms with E-state index in [1.807, 2.05) is 20.8 Å². The van der Waals surface area contributed by atoms with E-state index in [1.54, 1.807) is 36.4 Å². The van der Waals surface area contributed by atoms with E-state index >= 15 is 0 Å². The molecule has 0 spiro atoms. The molecule has 0 amide bonds. The Morgan fingerprint density at radius 3 is 2.10 bits per heavy atom. The lowest BCUT2D eigenvalue weighted by atomic mass is 10.2. The summed E-state index contributed by atoms with van der Waals surface area (Å²) in [6.07, 6.45) is 0. The van der Waals surface area contributed by atoms with Gasteiger partial charge in [-0.15, -0.1) is 4.40 Å². The van der Waals surface area contributed by atoms with Crippen molar-refractivity contribution >= 4 is 50.8 Å². The zero-order chi connectivity index (χ0) is 21.9. The minimum Gasteiger partial charge on any atom is -0.325 e. The molecule has 3 rings (SSSR count). The molecule has 0 saturated heterocycles. The number of guanidine groups is 1. The Morgan fingerprint density at radius 2 is 1.50 bits per heavy atom. The highest BCUT2D eigenvalue weighted by Gasteiger charge is 2.16. The first-order valence-corrected chi connectivity index (χ1v) is 11.0. The van der Waals surface area contributed by atoms with Crippen molar-refractivity contribution in [3.05, 3.63) is 75.5 Å². The Labute approximate surface area is 185 Å². The molecule has 0 atom stereocenters. The molecule has 0 unspecified atom stereocenters. The Morgan fingerprint density at radius 1 is 0.867 bits per heavy atom. The molecule has 0 aliphatic carbocycles. The molecular formula is C20H19Cl2N5O2S. The first-order valence-electron chi connectivity index (χ1n) is 8.85. The van der Waals surface area contributed by atoms with Gasteiger partial charge in [0.1, 0.15) is 0 Å². The molecular weight excluding hydrogens is 445 g/mol. The van der Waals surface area contributed by atoms with E-state index in [0.29, 0.717) is 15.7 Å². The van der Waals surface area contributed by atoms with E-state index in [1.165, 1.54) is 12.1 Å². The van der Waals surface area contributed by atoms with Crippen molar-refractivity contribution in [3.63, 3.8) is 0 Å². The molecule has 3 aromatic rings. The number of nitrogens with zero attached hydrogens (tertiary/aromatic N) is 3. The number of hydrogen-bond donors (Lipinski definition) is 2. The van der Waals surface area contributed by atoms with Crippen LogP contribution >= 0.6 is 23.2 Å². The minimum absolute atomic E-state index is 0.0599. The van der Waals surface area contributed by atoms with Crippen LogP contribution in [-0.4, -0.2) is 24.3 Å². The lowest BCUT2D eigenvalue weighted by Gasteiger charge is -2.13. The van der Waals surface area contributed by atoms with Gasteiger partial charge in [-0.1, -0.05) is 40.9 Å². The summed E-state index contributed by atoms with van der Waals surface area (Å²) in [5, 5.41) is 6.43. The maximum absolute atomic E-state index is 12.8. The van der Waals surface area contributed by atoms with Crippen LogP contribution in [0.1, 0.15) is 17.0 Å². The number of hydrogen-bond acceptors (Lipinski definition) is 4. The van der Waals surface area contributed by atoms with E-state index in [2.05, 4.69) is 25.0 Å².